The summed E-state index contributed by atoms with van der Waals surface area (Å²) in [6.45, 7) is 4.43. The predicted molar refractivity (Wildman–Crippen MR) is 55.8 cm³/mol. The van der Waals surface area contributed by atoms with Crippen molar-refractivity contribution in [3.05, 3.63) is 11.6 Å². The molecule has 0 saturated heterocycles. The number of quaternary nitrogens is 1. The fourth-order valence-corrected chi connectivity index (χ4v) is 1.63. The van der Waals surface area contributed by atoms with Crippen molar-refractivity contribution >= 4 is 5.97 Å². The average Bonchev–Trinajstić information content (AvgIpc) is 2.12. The monoisotopic (exact) mass is 198 g/mol. The summed E-state index contributed by atoms with van der Waals surface area (Å²) in [4.78, 5) is 11.5. The molecule has 80 valence electrons. The van der Waals surface area contributed by atoms with Crippen molar-refractivity contribution in [3.8, 4) is 0 Å². The molecule has 0 unspecified atom stereocenters. The standard InChI is InChI=1S/C11H20NO2/c1-4-8-14-11(13)10-6-5-7-12(2,3)9-10/h6H,4-5,7-9H2,1-3H3/q+1. The van der Waals surface area contributed by atoms with Gasteiger partial charge in [0.05, 0.1) is 32.8 Å². The second-order valence-electron chi connectivity index (χ2n) is 4.47. The molecule has 0 aliphatic carbocycles. The third kappa shape index (κ3) is 3.14. The van der Waals surface area contributed by atoms with Gasteiger partial charge in [0.25, 0.3) is 0 Å². The largest absolute Gasteiger partial charge is 0.462 e. The minimum Gasteiger partial charge on any atom is -0.462 e. The quantitative estimate of drug-likeness (QED) is 0.505. The van der Waals surface area contributed by atoms with Crippen LogP contribution in [0.5, 0.6) is 0 Å². The highest BCUT2D eigenvalue weighted by Gasteiger charge is 2.25. The van der Waals surface area contributed by atoms with Crippen molar-refractivity contribution in [1.29, 1.82) is 0 Å². The Morgan fingerprint density at radius 1 is 1.57 bits per heavy atom. The molecule has 0 bridgehead atoms. The highest BCUT2D eigenvalue weighted by Crippen LogP contribution is 2.14. The van der Waals surface area contributed by atoms with Gasteiger partial charge in [-0.05, 0) is 6.42 Å². The Morgan fingerprint density at radius 3 is 2.86 bits per heavy atom. The Morgan fingerprint density at radius 2 is 2.29 bits per heavy atom. The molecule has 0 fully saturated rings. The van der Waals surface area contributed by atoms with Gasteiger partial charge in [-0.15, -0.1) is 0 Å². The van der Waals surface area contributed by atoms with Crippen LogP contribution >= 0.6 is 0 Å². The van der Waals surface area contributed by atoms with Crippen LogP contribution in [0.3, 0.4) is 0 Å². The van der Waals surface area contributed by atoms with Gasteiger partial charge < -0.3 is 9.22 Å². The summed E-state index contributed by atoms with van der Waals surface area (Å²) in [6, 6.07) is 0. The second-order valence-corrected chi connectivity index (χ2v) is 4.47. The Balaban J connectivity index is 2.52. The molecule has 0 amide bonds. The number of carbonyl (C=O) groups excluding carboxylic acids is 1. The molecular weight excluding hydrogens is 178 g/mol. The summed E-state index contributed by atoms with van der Waals surface area (Å²) < 4.78 is 5.99. The summed E-state index contributed by atoms with van der Waals surface area (Å²) in [7, 11) is 4.28. The van der Waals surface area contributed by atoms with Gasteiger partial charge in [-0.2, -0.15) is 0 Å². The van der Waals surface area contributed by atoms with E-state index < -0.39 is 0 Å². The molecule has 0 N–H and O–H groups in total. The van der Waals surface area contributed by atoms with Gasteiger partial charge in [-0.25, -0.2) is 4.79 Å². The van der Waals surface area contributed by atoms with Crippen LogP contribution in [-0.4, -0.2) is 44.2 Å². The third-order valence-electron chi connectivity index (χ3n) is 2.42. The summed E-state index contributed by atoms with van der Waals surface area (Å²) in [6.07, 6.45) is 3.88. The second kappa shape index (κ2) is 4.60. The van der Waals surface area contributed by atoms with E-state index in [-0.39, 0.29) is 5.97 Å². The van der Waals surface area contributed by atoms with Gasteiger partial charge >= 0.3 is 5.97 Å². The minimum absolute atomic E-state index is 0.127. The zero-order valence-corrected chi connectivity index (χ0v) is 9.38. The summed E-state index contributed by atoms with van der Waals surface area (Å²) in [5.74, 6) is -0.127. The molecule has 0 aromatic rings. The Labute approximate surface area is 85.9 Å². The number of esters is 1. The van der Waals surface area contributed by atoms with E-state index in [1.165, 1.54) is 0 Å². The number of ether oxygens (including phenoxy) is 1. The first-order chi connectivity index (χ1) is 6.55. The van der Waals surface area contributed by atoms with Gasteiger partial charge in [-0.1, -0.05) is 13.0 Å². The van der Waals surface area contributed by atoms with Crippen LogP contribution in [0, 0.1) is 0 Å². The molecule has 1 rings (SSSR count). The number of hydrogen-bond acceptors (Lipinski definition) is 2. The van der Waals surface area contributed by atoms with E-state index in [0.717, 1.165) is 36.0 Å². The predicted octanol–water partition coefficient (Wildman–Crippen LogP) is 1.35. The van der Waals surface area contributed by atoms with Crippen molar-refractivity contribution < 1.29 is 14.0 Å². The Bertz CT molecular complexity index is 244. The molecule has 14 heavy (non-hydrogen) atoms. The number of nitrogens with zero attached hydrogens (tertiary/aromatic N) is 1. The maximum absolute atomic E-state index is 11.5. The normalized spacial score (nSPS) is 20.1. The SMILES string of the molecule is CCCOC(=O)C1=CCC[N+](C)(C)C1. The van der Waals surface area contributed by atoms with Crippen molar-refractivity contribution in [3.63, 3.8) is 0 Å². The Hall–Kier alpha value is -0.830. The number of rotatable bonds is 3. The van der Waals surface area contributed by atoms with Gasteiger partial charge in [0.15, 0.2) is 0 Å². The molecule has 0 atom stereocenters. The molecule has 1 heterocycles. The molecule has 0 aromatic carbocycles. The maximum atomic E-state index is 11.5. The zero-order valence-electron chi connectivity index (χ0n) is 9.38. The Kier molecular flexibility index (Phi) is 3.69. The molecule has 1 aliphatic rings. The van der Waals surface area contributed by atoms with Crippen LogP contribution in [-0.2, 0) is 9.53 Å². The lowest BCUT2D eigenvalue weighted by Crippen LogP contribution is -2.45. The van der Waals surface area contributed by atoms with Crippen LogP contribution in [0.4, 0.5) is 0 Å². The van der Waals surface area contributed by atoms with E-state index in [2.05, 4.69) is 14.1 Å². The van der Waals surface area contributed by atoms with E-state index in [9.17, 15) is 4.79 Å². The fourth-order valence-electron chi connectivity index (χ4n) is 1.63. The fraction of sp³-hybridized carbons (Fsp3) is 0.727. The molecule has 1 aliphatic heterocycles. The van der Waals surface area contributed by atoms with Gasteiger partial charge in [0.2, 0.25) is 0 Å². The van der Waals surface area contributed by atoms with Crippen LogP contribution in [0.1, 0.15) is 19.8 Å². The number of likely N-dealkylation sites (N-methyl/N-ethyl adjacent to an activating group) is 1. The molecular formula is C11H20NO2+. The van der Waals surface area contributed by atoms with E-state index in [0.29, 0.717) is 6.61 Å². The first-order valence-electron chi connectivity index (χ1n) is 5.23. The molecule has 3 nitrogen and oxygen atoms in total. The number of carbonyl (C=O) groups is 1. The highest BCUT2D eigenvalue weighted by molar-refractivity contribution is 5.88. The van der Waals surface area contributed by atoms with E-state index in [1.807, 2.05) is 13.0 Å². The van der Waals surface area contributed by atoms with Crippen LogP contribution in [0.2, 0.25) is 0 Å². The maximum Gasteiger partial charge on any atom is 0.339 e. The molecule has 3 heteroatoms. The van der Waals surface area contributed by atoms with Gasteiger partial charge in [0.1, 0.15) is 6.54 Å². The zero-order chi connectivity index (χ0) is 10.6. The molecule has 0 spiro atoms. The lowest BCUT2D eigenvalue weighted by molar-refractivity contribution is -0.886. The van der Waals surface area contributed by atoms with Crippen molar-refractivity contribution in [2.75, 3.05) is 33.8 Å². The lowest BCUT2D eigenvalue weighted by Gasteiger charge is -2.32. The smallest absolute Gasteiger partial charge is 0.339 e. The highest BCUT2D eigenvalue weighted by atomic mass is 16.5. The summed E-state index contributed by atoms with van der Waals surface area (Å²) in [5, 5.41) is 0. The molecule has 0 saturated carbocycles. The molecule has 0 aromatic heterocycles. The van der Waals surface area contributed by atoms with E-state index in [1.54, 1.807) is 0 Å². The van der Waals surface area contributed by atoms with E-state index in [4.69, 9.17) is 4.74 Å². The van der Waals surface area contributed by atoms with Gasteiger partial charge in [-0.3, -0.25) is 0 Å². The van der Waals surface area contributed by atoms with Crippen molar-refractivity contribution in [2.45, 2.75) is 19.8 Å². The number of hydrogen-bond donors (Lipinski definition) is 0. The summed E-state index contributed by atoms with van der Waals surface area (Å²) in [5.41, 5.74) is 0.842. The van der Waals surface area contributed by atoms with E-state index >= 15 is 0 Å². The topological polar surface area (TPSA) is 26.3 Å². The molecule has 0 radical (unpaired) electrons. The average molecular weight is 198 g/mol. The van der Waals surface area contributed by atoms with Crippen LogP contribution in [0.25, 0.3) is 0 Å². The van der Waals surface area contributed by atoms with Crippen molar-refractivity contribution in [2.24, 2.45) is 0 Å². The first kappa shape index (κ1) is 11.2. The minimum atomic E-state index is -0.127. The lowest BCUT2D eigenvalue weighted by atomic mass is 10.1. The van der Waals surface area contributed by atoms with Gasteiger partial charge in [0, 0.05) is 6.42 Å². The first-order valence-corrected chi connectivity index (χ1v) is 5.23. The third-order valence-corrected chi connectivity index (χ3v) is 2.42. The van der Waals surface area contributed by atoms with Crippen LogP contribution < -0.4 is 0 Å². The van der Waals surface area contributed by atoms with Crippen molar-refractivity contribution in [1.82, 2.24) is 0 Å². The summed E-state index contributed by atoms with van der Waals surface area (Å²) >= 11 is 0. The van der Waals surface area contributed by atoms with Crippen LogP contribution in [0.15, 0.2) is 11.6 Å².